The third kappa shape index (κ3) is 3.43. The van der Waals surface area contributed by atoms with Crippen LogP contribution in [0.3, 0.4) is 0 Å². The summed E-state index contributed by atoms with van der Waals surface area (Å²) in [7, 11) is 1.87. The van der Waals surface area contributed by atoms with E-state index in [1.54, 1.807) is 10.8 Å². The number of aryl methyl sites for hydroxylation is 1. The van der Waals surface area contributed by atoms with Crippen LogP contribution in [-0.4, -0.2) is 70.7 Å². The monoisotopic (exact) mass is 320 g/mol. The molecule has 0 bridgehead atoms. The zero-order valence-electron chi connectivity index (χ0n) is 14.5. The van der Waals surface area contributed by atoms with Crippen LogP contribution in [0.5, 0.6) is 0 Å². The Kier molecular flexibility index (Phi) is 4.73. The first kappa shape index (κ1) is 16.5. The lowest BCUT2D eigenvalue weighted by atomic mass is 9.79. The number of nitrogens with zero attached hydrogens (tertiary/aromatic N) is 4. The summed E-state index contributed by atoms with van der Waals surface area (Å²) in [5, 5.41) is 0. The van der Waals surface area contributed by atoms with Gasteiger partial charge in [0.2, 0.25) is 0 Å². The number of carbonyl (C=O) groups excluding carboxylic acids is 1. The molecule has 0 aromatic carbocycles. The fourth-order valence-electron chi connectivity index (χ4n) is 3.81. The summed E-state index contributed by atoms with van der Waals surface area (Å²) in [6.07, 6.45) is 5.66. The molecule has 2 aliphatic rings. The number of amides is 1. The quantitative estimate of drug-likeness (QED) is 0.826. The SMILES string of the molecule is CC(C)N1CCOC[C@@]2(CCCN(C(=O)c3nccn3C)C2)C1. The molecule has 0 unspecified atom stereocenters. The van der Waals surface area contributed by atoms with Crippen molar-refractivity contribution in [3.05, 3.63) is 18.2 Å². The van der Waals surface area contributed by atoms with Crippen molar-refractivity contribution in [1.29, 1.82) is 0 Å². The fourth-order valence-corrected chi connectivity index (χ4v) is 3.81. The van der Waals surface area contributed by atoms with Crippen LogP contribution in [0.15, 0.2) is 12.4 Å². The summed E-state index contributed by atoms with van der Waals surface area (Å²) in [6, 6.07) is 0.509. The lowest BCUT2D eigenvalue weighted by Crippen LogP contribution is -2.53. The lowest BCUT2D eigenvalue weighted by molar-refractivity contribution is 0.00512. The van der Waals surface area contributed by atoms with Crippen molar-refractivity contribution in [3.8, 4) is 0 Å². The maximum Gasteiger partial charge on any atom is 0.289 e. The van der Waals surface area contributed by atoms with Gasteiger partial charge < -0.3 is 14.2 Å². The highest BCUT2D eigenvalue weighted by Crippen LogP contribution is 2.34. The minimum atomic E-state index is 0.0388. The Morgan fingerprint density at radius 1 is 1.35 bits per heavy atom. The first-order chi connectivity index (χ1) is 11.0. The summed E-state index contributed by atoms with van der Waals surface area (Å²) in [6.45, 7) is 9.57. The number of carbonyl (C=O) groups is 1. The highest BCUT2D eigenvalue weighted by atomic mass is 16.5. The number of hydrogen-bond donors (Lipinski definition) is 0. The van der Waals surface area contributed by atoms with Gasteiger partial charge >= 0.3 is 0 Å². The Morgan fingerprint density at radius 2 is 2.17 bits per heavy atom. The highest BCUT2D eigenvalue weighted by molar-refractivity contribution is 5.90. The number of imidazole rings is 1. The number of ether oxygens (including phenoxy) is 1. The molecule has 23 heavy (non-hydrogen) atoms. The molecule has 2 saturated heterocycles. The Bertz CT molecular complexity index is 557. The van der Waals surface area contributed by atoms with E-state index in [9.17, 15) is 4.79 Å². The zero-order chi connectivity index (χ0) is 16.4. The van der Waals surface area contributed by atoms with Gasteiger partial charge in [-0.05, 0) is 26.7 Å². The van der Waals surface area contributed by atoms with Gasteiger partial charge in [-0.15, -0.1) is 0 Å². The van der Waals surface area contributed by atoms with Crippen LogP contribution < -0.4 is 0 Å². The molecule has 0 N–H and O–H groups in total. The van der Waals surface area contributed by atoms with Gasteiger partial charge in [0.1, 0.15) is 0 Å². The minimum absolute atomic E-state index is 0.0388. The second kappa shape index (κ2) is 6.61. The van der Waals surface area contributed by atoms with Crippen LogP contribution in [0.25, 0.3) is 0 Å². The topological polar surface area (TPSA) is 50.6 Å². The molecule has 2 aliphatic heterocycles. The summed E-state index contributed by atoms with van der Waals surface area (Å²) < 4.78 is 7.71. The van der Waals surface area contributed by atoms with Crippen molar-refractivity contribution in [3.63, 3.8) is 0 Å². The molecule has 128 valence electrons. The predicted octanol–water partition coefficient (Wildman–Crippen LogP) is 1.38. The molecular formula is C17H28N4O2. The van der Waals surface area contributed by atoms with Crippen LogP contribution >= 0.6 is 0 Å². The van der Waals surface area contributed by atoms with Crippen LogP contribution in [0.1, 0.15) is 37.3 Å². The van der Waals surface area contributed by atoms with Gasteiger partial charge in [0.25, 0.3) is 5.91 Å². The predicted molar refractivity (Wildman–Crippen MR) is 88.3 cm³/mol. The summed E-state index contributed by atoms with van der Waals surface area (Å²) in [5.41, 5.74) is 0.0554. The second-order valence-electron chi connectivity index (χ2n) is 7.31. The van der Waals surface area contributed by atoms with E-state index in [0.717, 1.165) is 52.2 Å². The number of piperidine rings is 1. The second-order valence-corrected chi connectivity index (χ2v) is 7.31. The van der Waals surface area contributed by atoms with Crippen molar-refractivity contribution in [2.24, 2.45) is 12.5 Å². The van der Waals surface area contributed by atoms with Crippen LogP contribution in [0.2, 0.25) is 0 Å². The maximum atomic E-state index is 12.8. The van der Waals surface area contributed by atoms with Gasteiger partial charge in [0, 0.05) is 57.1 Å². The molecule has 1 atom stereocenters. The molecular weight excluding hydrogens is 292 g/mol. The fraction of sp³-hybridized carbons (Fsp3) is 0.765. The van der Waals surface area contributed by atoms with E-state index >= 15 is 0 Å². The third-order valence-electron chi connectivity index (χ3n) is 5.16. The molecule has 0 aliphatic carbocycles. The normalized spacial score (nSPS) is 26.7. The van der Waals surface area contributed by atoms with Crippen molar-refractivity contribution >= 4 is 5.91 Å². The standard InChI is InChI=1S/C17H28N4O2/c1-14(2)20-9-10-23-13-17(11-20)5-4-7-21(12-17)16(22)15-18-6-8-19(15)3/h6,8,14H,4-5,7,9-13H2,1-3H3/t17-/m0/s1. The molecule has 6 nitrogen and oxygen atoms in total. The zero-order valence-corrected chi connectivity index (χ0v) is 14.5. The lowest BCUT2D eigenvalue weighted by Gasteiger charge is -2.44. The molecule has 0 saturated carbocycles. The Labute approximate surface area is 138 Å². The van der Waals surface area contributed by atoms with Gasteiger partial charge in [-0.2, -0.15) is 0 Å². The van der Waals surface area contributed by atoms with Crippen LogP contribution in [0.4, 0.5) is 0 Å². The minimum Gasteiger partial charge on any atom is -0.379 e. The van der Waals surface area contributed by atoms with Gasteiger partial charge in [0.05, 0.1) is 13.2 Å². The van der Waals surface area contributed by atoms with Crippen molar-refractivity contribution < 1.29 is 9.53 Å². The van der Waals surface area contributed by atoms with E-state index in [1.807, 2.05) is 18.1 Å². The molecule has 2 fully saturated rings. The van der Waals surface area contributed by atoms with Gasteiger partial charge in [-0.3, -0.25) is 9.69 Å². The number of aromatic nitrogens is 2. The number of likely N-dealkylation sites (tertiary alicyclic amines) is 1. The van der Waals surface area contributed by atoms with Gasteiger partial charge in [0.15, 0.2) is 5.82 Å². The average Bonchev–Trinajstić information content (AvgIpc) is 2.85. The number of hydrogen-bond acceptors (Lipinski definition) is 4. The van der Waals surface area contributed by atoms with Crippen molar-refractivity contribution in [1.82, 2.24) is 19.4 Å². The first-order valence-electron chi connectivity index (χ1n) is 8.59. The highest BCUT2D eigenvalue weighted by Gasteiger charge is 2.41. The van der Waals surface area contributed by atoms with Crippen molar-refractivity contribution in [2.45, 2.75) is 32.7 Å². The van der Waals surface area contributed by atoms with Crippen molar-refractivity contribution in [2.75, 3.05) is 39.4 Å². The molecule has 1 aromatic heterocycles. The van der Waals surface area contributed by atoms with Crippen LogP contribution in [-0.2, 0) is 11.8 Å². The summed E-state index contributed by atoms with van der Waals surface area (Å²) in [4.78, 5) is 21.5. The Hall–Kier alpha value is -1.40. The molecule has 3 heterocycles. The average molecular weight is 320 g/mol. The third-order valence-corrected chi connectivity index (χ3v) is 5.16. The van der Waals surface area contributed by atoms with E-state index in [-0.39, 0.29) is 11.3 Å². The molecule has 1 amide bonds. The van der Waals surface area contributed by atoms with Crippen LogP contribution in [0, 0.1) is 5.41 Å². The molecule has 1 aromatic rings. The summed E-state index contributed by atoms with van der Waals surface area (Å²) >= 11 is 0. The smallest absolute Gasteiger partial charge is 0.289 e. The molecule has 6 heteroatoms. The Morgan fingerprint density at radius 3 is 2.87 bits per heavy atom. The summed E-state index contributed by atoms with van der Waals surface area (Å²) in [5.74, 6) is 0.564. The van der Waals surface area contributed by atoms with E-state index in [1.165, 1.54) is 0 Å². The molecule has 3 rings (SSSR count). The molecule has 0 radical (unpaired) electrons. The van der Waals surface area contributed by atoms with E-state index in [2.05, 4.69) is 23.7 Å². The van der Waals surface area contributed by atoms with Gasteiger partial charge in [-0.1, -0.05) is 0 Å². The molecule has 1 spiro atoms. The largest absolute Gasteiger partial charge is 0.379 e. The van der Waals surface area contributed by atoms with E-state index in [4.69, 9.17) is 4.74 Å². The first-order valence-corrected chi connectivity index (χ1v) is 8.59. The van der Waals surface area contributed by atoms with E-state index in [0.29, 0.717) is 11.9 Å². The Balaban J connectivity index is 1.76. The van der Waals surface area contributed by atoms with Gasteiger partial charge in [-0.25, -0.2) is 4.98 Å². The number of rotatable bonds is 2. The van der Waals surface area contributed by atoms with E-state index < -0.39 is 0 Å². The maximum absolute atomic E-state index is 12.8.